The van der Waals surface area contributed by atoms with E-state index in [9.17, 15) is 9.59 Å². The third-order valence-corrected chi connectivity index (χ3v) is 7.21. The molecule has 2 atom stereocenters. The van der Waals surface area contributed by atoms with Crippen molar-refractivity contribution in [2.24, 2.45) is 4.99 Å². The molecule has 0 bridgehead atoms. The van der Waals surface area contributed by atoms with Crippen molar-refractivity contribution >= 4 is 17.8 Å². The summed E-state index contributed by atoms with van der Waals surface area (Å²) in [5, 5.41) is 2.82. The first-order valence-electron chi connectivity index (χ1n) is 13.7. The van der Waals surface area contributed by atoms with Crippen LogP contribution >= 0.6 is 0 Å². The number of aryl methyl sites for hydroxylation is 2. The summed E-state index contributed by atoms with van der Waals surface area (Å²) in [5.41, 5.74) is 4.93. The second-order valence-electron chi connectivity index (χ2n) is 10.6. The molecule has 0 aromatic heterocycles. The van der Waals surface area contributed by atoms with Gasteiger partial charge in [-0.05, 0) is 51.0 Å². The Hall–Kier alpha value is -4.33. The van der Waals surface area contributed by atoms with Gasteiger partial charge in [0.1, 0.15) is 29.9 Å². The molecule has 1 saturated heterocycles. The van der Waals surface area contributed by atoms with E-state index >= 15 is 0 Å². The first kappa shape index (κ1) is 27.2. The zero-order valence-electron chi connectivity index (χ0n) is 23.7. The van der Waals surface area contributed by atoms with E-state index in [-0.39, 0.29) is 30.6 Å². The molecule has 0 saturated carbocycles. The van der Waals surface area contributed by atoms with Crippen LogP contribution in [0, 0.1) is 13.8 Å². The van der Waals surface area contributed by atoms with Gasteiger partial charge in [-0.3, -0.25) is 14.7 Å². The van der Waals surface area contributed by atoms with Crippen LogP contribution in [-0.2, 0) is 4.79 Å². The van der Waals surface area contributed by atoms with E-state index in [0.29, 0.717) is 36.0 Å². The molecule has 1 fully saturated rings. The van der Waals surface area contributed by atoms with Gasteiger partial charge < -0.3 is 19.7 Å². The zero-order chi connectivity index (χ0) is 28.4. The molecule has 40 heavy (non-hydrogen) atoms. The molecule has 208 valence electrons. The monoisotopic (exact) mass is 540 g/mol. The Labute approximate surface area is 235 Å². The van der Waals surface area contributed by atoms with Gasteiger partial charge in [-0.15, -0.1) is 0 Å². The maximum atomic E-state index is 14.4. The Morgan fingerprint density at radius 2 is 1.62 bits per heavy atom. The average molecular weight is 541 g/mol. The van der Waals surface area contributed by atoms with E-state index in [1.165, 1.54) is 0 Å². The number of piperazine rings is 1. The Morgan fingerprint density at radius 3 is 2.23 bits per heavy atom. The summed E-state index contributed by atoms with van der Waals surface area (Å²) in [6.07, 6.45) is -0.108. The van der Waals surface area contributed by atoms with Crippen LogP contribution in [0.2, 0.25) is 0 Å². The summed E-state index contributed by atoms with van der Waals surface area (Å²) in [6.45, 7) is 8.83. The predicted octanol–water partition coefficient (Wildman–Crippen LogP) is 5.20. The van der Waals surface area contributed by atoms with Crippen LogP contribution in [0.15, 0.2) is 71.7 Å². The number of hydrogen-bond acceptors (Lipinski definition) is 5. The van der Waals surface area contributed by atoms with Gasteiger partial charge in [0, 0.05) is 19.2 Å². The van der Waals surface area contributed by atoms with Crippen LogP contribution in [0.5, 0.6) is 11.5 Å². The lowest BCUT2D eigenvalue weighted by atomic mass is 9.92. The molecule has 0 spiro atoms. The zero-order valence-corrected chi connectivity index (χ0v) is 23.7. The largest absolute Gasteiger partial charge is 0.497 e. The van der Waals surface area contributed by atoms with Crippen molar-refractivity contribution < 1.29 is 19.1 Å². The second-order valence-corrected chi connectivity index (χ2v) is 10.6. The topological polar surface area (TPSA) is 83.5 Å². The Kier molecular flexibility index (Phi) is 7.78. The molecule has 0 aliphatic carbocycles. The number of methoxy groups -OCH3 is 1. The summed E-state index contributed by atoms with van der Waals surface area (Å²) < 4.78 is 11.7. The van der Waals surface area contributed by atoms with E-state index in [2.05, 4.69) is 60.8 Å². The molecular formula is C32H36N4O4. The Bertz CT molecular complexity index is 1420. The molecule has 3 aromatic carbocycles. The fraction of sp³-hybridized carbons (Fsp3) is 0.344. The van der Waals surface area contributed by atoms with Crippen LogP contribution in [0.1, 0.15) is 53.7 Å². The molecule has 5 rings (SSSR count). The minimum atomic E-state index is -0.426. The van der Waals surface area contributed by atoms with Crippen molar-refractivity contribution in [3.05, 3.63) is 94.5 Å². The fourth-order valence-corrected chi connectivity index (χ4v) is 5.18. The van der Waals surface area contributed by atoms with Gasteiger partial charge in [0.15, 0.2) is 0 Å². The van der Waals surface area contributed by atoms with E-state index in [4.69, 9.17) is 14.5 Å². The number of rotatable bonds is 6. The van der Waals surface area contributed by atoms with Crippen LogP contribution in [0.4, 0.5) is 4.79 Å². The van der Waals surface area contributed by atoms with Gasteiger partial charge >= 0.3 is 6.03 Å². The first-order valence-corrected chi connectivity index (χ1v) is 13.7. The number of benzene rings is 3. The lowest BCUT2D eigenvalue weighted by molar-refractivity contribution is -0.123. The lowest BCUT2D eigenvalue weighted by Crippen LogP contribution is -2.55. The van der Waals surface area contributed by atoms with E-state index < -0.39 is 6.04 Å². The number of nitrogens with zero attached hydrogens (tertiary/aromatic N) is 3. The van der Waals surface area contributed by atoms with Gasteiger partial charge in [0.25, 0.3) is 0 Å². The molecular weight excluding hydrogens is 504 g/mol. The summed E-state index contributed by atoms with van der Waals surface area (Å²) in [5.74, 6) is 1.56. The Balaban J connectivity index is 1.71. The molecule has 1 N–H and O–H groups in total. The molecule has 0 radical (unpaired) electrons. The summed E-state index contributed by atoms with van der Waals surface area (Å²) in [4.78, 5) is 35.3. The molecule has 2 aliphatic heterocycles. The van der Waals surface area contributed by atoms with Crippen LogP contribution in [0.25, 0.3) is 0 Å². The maximum absolute atomic E-state index is 14.4. The number of aliphatic imine (C=N–C) groups is 1. The fourth-order valence-electron chi connectivity index (χ4n) is 5.18. The minimum absolute atomic E-state index is 0.00358. The SMILES string of the molecule is COc1ccc(C2=N[C@H](c3ccc(C)cc3)[C@H](c3ccc(C)cc3)N2C(=O)N2CCNC(=O)C2)c(OC(C)C)c1. The minimum Gasteiger partial charge on any atom is -0.497 e. The van der Waals surface area contributed by atoms with E-state index in [0.717, 1.165) is 22.3 Å². The molecule has 0 unspecified atom stereocenters. The Morgan fingerprint density at radius 1 is 0.975 bits per heavy atom. The quantitative estimate of drug-likeness (QED) is 0.466. The standard InChI is InChI=1S/C32H36N4O4/c1-20(2)40-27-18-25(39-5)14-15-26(27)31-34-29(23-10-6-21(3)7-11-23)30(24-12-8-22(4)9-13-24)36(31)32(38)35-17-16-33-28(37)19-35/h6-15,18,20,29-30H,16-17,19H2,1-5H3,(H,33,37)/t29-,30+/m1/s1. The third-order valence-electron chi connectivity index (χ3n) is 7.21. The first-order chi connectivity index (χ1) is 19.2. The van der Waals surface area contributed by atoms with Crippen LogP contribution in [-0.4, -0.2) is 60.4 Å². The molecule has 2 heterocycles. The number of hydrogen-bond donors (Lipinski definition) is 1. The number of amidine groups is 1. The highest BCUT2D eigenvalue weighted by Gasteiger charge is 2.45. The van der Waals surface area contributed by atoms with Gasteiger partial charge in [-0.1, -0.05) is 59.7 Å². The third kappa shape index (κ3) is 5.52. The van der Waals surface area contributed by atoms with Crippen molar-refractivity contribution in [2.45, 2.75) is 45.9 Å². The summed E-state index contributed by atoms with van der Waals surface area (Å²) in [7, 11) is 1.61. The highest BCUT2D eigenvalue weighted by atomic mass is 16.5. The molecule has 3 aromatic rings. The number of carbonyl (C=O) groups excluding carboxylic acids is 2. The molecule has 2 aliphatic rings. The van der Waals surface area contributed by atoms with Crippen LogP contribution in [0.3, 0.4) is 0 Å². The van der Waals surface area contributed by atoms with E-state index in [1.54, 1.807) is 16.9 Å². The summed E-state index contributed by atoms with van der Waals surface area (Å²) in [6, 6.07) is 21.0. The van der Waals surface area contributed by atoms with E-state index in [1.807, 2.05) is 39.0 Å². The van der Waals surface area contributed by atoms with Crippen molar-refractivity contribution in [3.8, 4) is 11.5 Å². The van der Waals surface area contributed by atoms with Crippen molar-refractivity contribution in [2.75, 3.05) is 26.7 Å². The summed E-state index contributed by atoms with van der Waals surface area (Å²) >= 11 is 0. The van der Waals surface area contributed by atoms with Gasteiger partial charge in [-0.2, -0.15) is 0 Å². The normalized spacial score (nSPS) is 18.9. The highest BCUT2D eigenvalue weighted by molar-refractivity contribution is 6.11. The number of nitrogens with one attached hydrogen (secondary N) is 1. The second kappa shape index (κ2) is 11.4. The van der Waals surface area contributed by atoms with Crippen molar-refractivity contribution in [1.82, 2.24) is 15.1 Å². The van der Waals surface area contributed by atoms with Gasteiger partial charge in [0.2, 0.25) is 5.91 Å². The van der Waals surface area contributed by atoms with Crippen LogP contribution < -0.4 is 14.8 Å². The molecule has 8 heteroatoms. The number of amides is 3. The number of urea groups is 1. The predicted molar refractivity (Wildman–Crippen MR) is 155 cm³/mol. The van der Waals surface area contributed by atoms with Gasteiger partial charge in [-0.25, -0.2) is 4.79 Å². The number of carbonyl (C=O) groups is 2. The van der Waals surface area contributed by atoms with Crippen molar-refractivity contribution in [3.63, 3.8) is 0 Å². The van der Waals surface area contributed by atoms with Gasteiger partial charge in [0.05, 0.1) is 24.8 Å². The number of ether oxygens (including phenoxy) is 2. The lowest BCUT2D eigenvalue weighted by Gasteiger charge is -2.36. The van der Waals surface area contributed by atoms with Crippen molar-refractivity contribution in [1.29, 1.82) is 0 Å². The maximum Gasteiger partial charge on any atom is 0.326 e. The highest BCUT2D eigenvalue weighted by Crippen LogP contribution is 2.45. The average Bonchev–Trinajstić information content (AvgIpc) is 3.33. The smallest absolute Gasteiger partial charge is 0.326 e. The molecule has 3 amide bonds. The molecule has 8 nitrogen and oxygen atoms in total.